The summed E-state index contributed by atoms with van der Waals surface area (Å²) in [7, 11) is 1.63. The first-order valence-corrected chi connectivity index (χ1v) is 5.49. The molecular weight excluding hydrogens is 210 g/mol. The fourth-order valence-corrected chi connectivity index (χ4v) is 1.37. The number of hydrogen-bond donors (Lipinski definition) is 0. The van der Waals surface area contributed by atoms with Crippen LogP contribution in [0.5, 0.6) is 5.75 Å². The van der Waals surface area contributed by atoms with Crippen molar-refractivity contribution in [3.63, 3.8) is 0 Å². The lowest BCUT2D eigenvalue weighted by Crippen LogP contribution is -1.91. The number of hydrogen-bond acceptors (Lipinski definition) is 2. The molecule has 0 aliphatic carbocycles. The highest BCUT2D eigenvalue weighted by atomic mass is 35.5. The number of nitrogens with zero attached hydrogens (tertiary/aromatic N) is 1. The number of halogens is 1. The van der Waals surface area contributed by atoms with Crippen LogP contribution in [0, 0.1) is 0 Å². The topological polar surface area (TPSA) is 21.6 Å². The minimum absolute atomic E-state index is 0.678. The molecule has 1 aromatic carbocycles. The van der Waals surface area contributed by atoms with Gasteiger partial charge in [0.2, 0.25) is 0 Å². The first-order valence-electron chi connectivity index (χ1n) is 5.11. The largest absolute Gasteiger partial charge is 0.496 e. The van der Waals surface area contributed by atoms with Crippen LogP contribution < -0.4 is 4.74 Å². The molecule has 0 amide bonds. The van der Waals surface area contributed by atoms with Crippen LogP contribution in [0.2, 0.25) is 5.02 Å². The standard InChI is InChI=1S/C12H16ClNO/c1-3-4-7-14-9-10-5-6-11(13)8-12(10)15-2/h5-6,8-9H,3-4,7H2,1-2H3. The van der Waals surface area contributed by atoms with Gasteiger partial charge >= 0.3 is 0 Å². The Hall–Kier alpha value is -1.02. The van der Waals surface area contributed by atoms with E-state index in [2.05, 4.69) is 11.9 Å². The third-order valence-electron chi connectivity index (χ3n) is 2.07. The predicted octanol–water partition coefficient (Wildman–Crippen LogP) is 3.57. The number of methoxy groups -OCH3 is 1. The van der Waals surface area contributed by atoms with Crippen LogP contribution in [0.15, 0.2) is 23.2 Å². The molecule has 0 saturated heterocycles. The van der Waals surface area contributed by atoms with Crippen LogP contribution in [0.1, 0.15) is 25.3 Å². The van der Waals surface area contributed by atoms with E-state index in [4.69, 9.17) is 16.3 Å². The summed E-state index contributed by atoms with van der Waals surface area (Å²) in [6.07, 6.45) is 4.12. The summed E-state index contributed by atoms with van der Waals surface area (Å²) in [6, 6.07) is 5.55. The van der Waals surface area contributed by atoms with Gasteiger partial charge in [-0.1, -0.05) is 24.9 Å². The summed E-state index contributed by atoms with van der Waals surface area (Å²) >= 11 is 5.85. The van der Waals surface area contributed by atoms with Crippen LogP contribution in [0.25, 0.3) is 0 Å². The molecule has 0 spiro atoms. The number of benzene rings is 1. The van der Waals surface area contributed by atoms with Crippen molar-refractivity contribution in [3.05, 3.63) is 28.8 Å². The van der Waals surface area contributed by atoms with E-state index < -0.39 is 0 Å². The Balaban J connectivity index is 2.71. The molecule has 15 heavy (non-hydrogen) atoms. The van der Waals surface area contributed by atoms with Crippen LogP contribution in [-0.4, -0.2) is 19.9 Å². The van der Waals surface area contributed by atoms with Gasteiger partial charge in [0.15, 0.2) is 0 Å². The van der Waals surface area contributed by atoms with E-state index in [9.17, 15) is 0 Å². The predicted molar refractivity (Wildman–Crippen MR) is 65.4 cm³/mol. The maximum atomic E-state index is 5.85. The van der Waals surface area contributed by atoms with Gasteiger partial charge in [0.05, 0.1) is 7.11 Å². The van der Waals surface area contributed by atoms with Crippen LogP contribution in [0.4, 0.5) is 0 Å². The van der Waals surface area contributed by atoms with E-state index >= 15 is 0 Å². The van der Waals surface area contributed by atoms with Gasteiger partial charge < -0.3 is 4.74 Å². The third-order valence-corrected chi connectivity index (χ3v) is 2.30. The quantitative estimate of drug-likeness (QED) is 0.555. The second-order valence-corrected chi connectivity index (χ2v) is 3.71. The van der Waals surface area contributed by atoms with Crippen molar-refractivity contribution in [1.82, 2.24) is 0 Å². The molecule has 0 saturated carbocycles. The average molecular weight is 226 g/mol. The van der Waals surface area contributed by atoms with Crippen molar-refractivity contribution < 1.29 is 4.74 Å². The van der Waals surface area contributed by atoms with Gasteiger partial charge in [-0.05, 0) is 24.6 Å². The fraction of sp³-hybridized carbons (Fsp3) is 0.417. The van der Waals surface area contributed by atoms with Gasteiger partial charge in [-0.2, -0.15) is 0 Å². The third kappa shape index (κ3) is 3.92. The Labute approximate surface area is 95.9 Å². The summed E-state index contributed by atoms with van der Waals surface area (Å²) in [4.78, 5) is 4.32. The fourth-order valence-electron chi connectivity index (χ4n) is 1.20. The van der Waals surface area contributed by atoms with Gasteiger partial charge in [-0.25, -0.2) is 0 Å². The Morgan fingerprint density at radius 2 is 2.27 bits per heavy atom. The SMILES string of the molecule is CCCCN=Cc1ccc(Cl)cc1OC. The molecule has 1 rings (SSSR count). The zero-order chi connectivity index (χ0) is 11.1. The molecule has 0 unspecified atom stereocenters. The van der Waals surface area contributed by atoms with Gasteiger partial charge in [0.25, 0.3) is 0 Å². The minimum Gasteiger partial charge on any atom is -0.496 e. The van der Waals surface area contributed by atoms with Crippen molar-refractivity contribution in [2.24, 2.45) is 4.99 Å². The first-order chi connectivity index (χ1) is 7.27. The molecule has 0 N–H and O–H groups in total. The number of aliphatic imine (C=N–C) groups is 1. The van der Waals surface area contributed by atoms with Crippen molar-refractivity contribution in [2.45, 2.75) is 19.8 Å². The molecule has 0 heterocycles. The average Bonchev–Trinajstić information content (AvgIpc) is 2.26. The van der Waals surface area contributed by atoms with E-state index in [1.165, 1.54) is 0 Å². The van der Waals surface area contributed by atoms with E-state index in [1.54, 1.807) is 13.2 Å². The van der Waals surface area contributed by atoms with E-state index in [-0.39, 0.29) is 0 Å². The molecule has 0 atom stereocenters. The van der Waals surface area contributed by atoms with Crippen molar-refractivity contribution in [3.8, 4) is 5.75 Å². The van der Waals surface area contributed by atoms with Crippen LogP contribution in [0.3, 0.4) is 0 Å². The minimum atomic E-state index is 0.678. The molecule has 1 aromatic rings. The second-order valence-electron chi connectivity index (χ2n) is 3.28. The number of ether oxygens (including phenoxy) is 1. The highest BCUT2D eigenvalue weighted by Crippen LogP contribution is 2.21. The van der Waals surface area contributed by atoms with Crippen molar-refractivity contribution in [1.29, 1.82) is 0 Å². The van der Waals surface area contributed by atoms with E-state index in [1.807, 2.05) is 18.3 Å². The molecule has 0 aliphatic rings. The Morgan fingerprint density at radius 1 is 1.47 bits per heavy atom. The van der Waals surface area contributed by atoms with E-state index in [0.717, 1.165) is 30.7 Å². The maximum Gasteiger partial charge on any atom is 0.129 e. The highest BCUT2D eigenvalue weighted by molar-refractivity contribution is 6.30. The monoisotopic (exact) mass is 225 g/mol. The highest BCUT2D eigenvalue weighted by Gasteiger charge is 2.00. The smallest absolute Gasteiger partial charge is 0.129 e. The molecule has 0 bridgehead atoms. The van der Waals surface area contributed by atoms with Gasteiger partial charge in [-0.3, -0.25) is 4.99 Å². The number of rotatable bonds is 5. The molecule has 0 aliphatic heterocycles. The van der Waals surface area contributed by atoms with Crippen molar-refractivity contribution >= 4 is 17.8 Å². The van der Waals surface area contributed by atoms with Crippen LogP contribution >= 0.6 is 11.6 Å². The molecule has 0 radical (unpaired) electrons. The summed E-state index contributed by atoms with van der Waals surface area (Å²) in [5, 5.41) is 0.678. The van der Waals surface area contributed by atoms with Gasteiger partial charge in [-0.15, -0.1) is 0 Å². The van der Waals surface area contributed by atoms with Crippen molar-refractivity contribution in [2.75, 3.05) is 13.7 Å². The summed E-state index contributed by atoms with van der Waals surface area (Å²) in [6.45, 7) is 3.01. The molecule has 82 valence electrons. The Kier molecular flexibility index (Phi) is 5.19. The lowest BCUT2D eigenvalue weighted by atomic mass is 10.2. The molecule has 0 aromatic heterocycles. The van der Waals surface area contributed by atoms with Crippen LogP contribution in [-0.2, 0) is 0 Å². The molecule has 2 nitrogen and oxygen atoms in total. The van der Waals surface area contributed by atoms with Gasteiger partial charge in [0.1, 0.15) is 5.75 Å². The zero-order valence-corrected chi connectivity index (χ0v) is 9.92. The number of unbranched alkanes of at least 4 members (excludes halogenated alkanes) is 1. The molecule has 3 heteroatoms. The zero-order valence-electron chi connectivity index (χ0n) is 9.16. The summed E-state index contributed by atoms with van der Waals surface area (Å²) in [5.74, 6) is 0.766. The van der Waals surface area contributed by atoms with E-state index in [0.29, 0.717) is 5.02 Å². The Morgan fingerprint density at radius 3 is 2.93 bits per heavy atom. The Bertz CT molecular complexity index is 336. The second kappa shape index (κ2) is 6.46. The maximum absolute atomic E-state index is 5.85. The lowest BCUT2D eigenvalue weighted by Gasteiger charge is -2.04. The normalized spacial score (nSPS) is 10.9. The lowest BCUT2D eigenvalue weighted by molar-refractivity contribution is 0.414. The molecular formula is C12H16ClNO. The van der Waals surface area contributed by atoms with Gasteiger partial charge in [0, 0.05) is 23.3 Å². The summed E-state index contributed by atoms with van der Waals surface area (Å²) < 4.78 is 5.21. The molecule has 0 fully saturated rings. The summed E-state index contributed by atoms with van der Waals surface area (Å²) in [5.41, 5.74) is 0.970. The first kappa shape index (κ1) is 12.1.